The second-order valence-corrected chi connectivity index (χ2v) is 7.02. The van der Waals surface area contributed by atoms with Crippen LogP contribution in [0.3, 0.4) is 0 Å². The van der Waals surface area contributed by atoms with Crippen LogP contribution in [-0.4, -0.2) is 29.7 Å². The van der Waals surface area contributed by atoms with Gasteiger partial charge in [-0.05, 0) is 19.1 Å². The average molecular weight is 313 g/mol. The number of pyridine rings is 1. The molecule has 2 heterocycles. The molecule has 3 N–H and O–H groups in total. The topological polar surface area (TPSA) is 101 Å². The minimum Gasteiger partial charge on any atom is -0.321 e. The molecule has 0 bridgehead atoms. The number of thiazole rings is 1. The van der Waals surface area contributed by atoms with Gasteiger partial charge in [-0.2, -0.15) is 4.31 Å². The Balaban J connectivity index is 2.32. The van der Waals surface area contributed by atoms with Crippen molar-refractivity contribution in [2.24, 2.45) is 5.84 Å². The lowest BCUT2D eigenvalue weighted by Crippen LogP contribution is -2.28. The molecule has 108 valence electrons. The van der Waals surface area contributed by atoms with Gasteiger partial charge in [-0.3, -0.25) is 5.84 Å². The number of hydrogen-bond donors (Lipinski definition) is 2. The Morgan fingerprint density at radius 1 is 1.45 bits per heavy atom. The molecule has 9 heteroatoms. The van der Waals surface area contributed by atoms with Crippen LogP contribution >= 0.6 is 11.3 Å². The minimum absolute atomic E-state index is 0.0906. The maximum atomic E-state index is 12.5. The Kier molecular flexibility index (Phi) is 4.33. The first-order valence-corrected chi connectivity index (χ1v) is 8.05. The summed E-state index contributed by atoms with van der Waals surface area (Å²) in [7, 11) is -2.21. The molecule has 0 spiro atoms. The third kappa shape index (κ3) is 2.80. The van der Waals surface area contributed by atoms with E-state index in [0.717, 1.165) is 10.6 Å². The summed E-state index contributed by atoms with van der Waals surface area (Å²) in [6.45, 7) is 2.10. The van der Waals surface area contributed by atoms with E-state index >= 15 is 0 Å². The van der Waals surface area contributed by atoms with Gasteiger partial charge >= 0.3 is 0 Å². The van der Waals surface area contributed by atoms with Crippen molar-refractivity contribution in [1.82, 2.24) is 14.3 Å². The number of rotatable bonds is 5. The zero-order valence-electron chi connectivity index (χ0n) is 11.1. The predicted molar refractivity (Wildman–Crippen MR) is 77.6 cm³/mol. The van der Waals surface area contributed by atoms with Crippen LogP contribution < -0.4 is 11.3 Å². The number of aryl methyl sites for hydroxylation is 1. The molecule has 0 aliphatic carbocycles. The normalized spacial score (nSPS) is 11.8. The van der Waals surface area contributed by atoms with Gasteiger partial charge in [0.15, 0.2) is 5.03 Å². The fourth-order valence-corrected chi connectivity index (χ4v) is 3.72. The number of hydrogen-bond acceptors (Lipinski definition) is 7. The molecule has 2 aromatic heterocycles. The summed E-state index contributed by atoms with van der Waals surface area (Å²) in [5, 5.41) is -0.0906. The monoisotopic (exact) mass is 313 g/mol. The summed E-state index contributed by atoms with van der Waals surface area (Å²) < 4.78 is 26.2. The average Bonchev–Trinajstić information content (AvgIpc) is 2.84. The van der Waals surface area contributed by atoms with E-state index in [1.165, 1.54) is 28.9 Å². The standard InChI is InChI=1S/C11H15N5O2S2/c1-8-10(19-7-14-8)6-16(2)20(17,18)11-9(15-12)4-3-5-13-11/h3-5,7,15H,6,12H2,1-2H3. The molecular weight excluding hydrogens is 298 g/mol. The van der Waals surface area contributed by atoms with Gasteiger partial charge in [-0.1, -0.05) is 0 Å². The van der Waals surface area contributed by atoms with Crippen molar-refractivity contribution in [2.75, 3.05) is 12.5 Å². The lowest BCUT2D eigenvalue weighted by molar-refractivity contribution is 0.466. The molecule has 0 radical (unpaired) electrons. The number of nitrogens with zero attached hydrogens (tertiary/aromatic N) is 3. The van der Waals surface area contributed by atoms with Crippen molar-refractivity contribution >= 4 is 27.0 Å². The summed E-state index contributed by atoms with van der Waals surface area (Å²) in [5.74, 6) is 5.33. The van der Waals surface area contributed by atoms with Crippen LogP contribution in [-0.2, 0) is 16.6 Å². The SMILES string of the molecule is Cc1ncsc1CN(C)S(=O)(=O)c1ncccc1NN. The van der Waals surface area contributed by atoms with Crippen molar-refractivity contribution in [3.63, 3.8) is 0 Å². The maximum Gasteiger partial charge on any atom is 0.262 e. The number of nitrogens with two attached hydrogens (primary N) is 1. The predicted octanol–water partition coefficient (Wildman–Crippen LogP) is 0.953. The first kappa shape index (κ1) is 14.9. The Hall–Kier alpha value is -1.55. The van der Waals surface area contributed by atoms with Crippen LogP contribution in [0.2, 0.25) is 0 Å². The largest absolute Gasteiger partial charge is 0.321 e. The number of anilines is 1. The van der Waals surface area contributed by atoms with E-state index in [4.69, 9.17) is 5.84 Å². The highest BCUT2D eigenvalue weighted by atomic mass is 32.2. The summed E-state index contributed by atoms with van der Waals surface area (Å²) in [5.41, 5.74) is 5.14. The first-order chi connectivity index (χ1) is 9.46. The lowest BCUT2D eigenvalue weighted by atomic mass is 10.4. The zero-order chi connectivity index (χ0) is 14.8. The molecule has 0 saturated heterocycles. The van der Waals surface area contributed by atoms with E-state index in [2.05, 4.69) is 15.4 Å². The molecule has 20 heavy (non-hydrogen) atoms. The Bertz CT molecular complexity index is 698. The second-order valence-electron chi connectivity index (χ2n) is 4.12. The van der Waals surface area contributed by atoms with Crippen molar-refractivity contribution in [1.29, 1.82) is 0 Å². The highest BCUT2D eigenvalue weighted by Crippen LogP contribution is 2.23. The van der Waals surface area contributed by atoms with Crippen molar-refractivity contribution in [3.05, 3.63) is 34.4 Å². The summed E-state index contributed by atoms with van der Waals surface area (Å²) in [6, 6.07) is 3.17. The smallest absolute Gasteiger partial charge is 0.262 e. The van der Waals surface area contributed by atoms with Gasteiger partial charge in [0.1, 0.15) is 0 Å². The molecule has 2 rings (SSSR count). The molecule has 0 unspecified atom stereocenters. The van der Waals surface area contributed by atoms with Gasteiger partial charge in [0.25, 0.3) is 10.0 Å². The third-order valence-electron chi connectivity index (χ3n) is 2.79. The van der Waals surface area contributed by atoms with Crippen molar-refractivity contribution in [2.45, 2.75) is 18.5 Å². The van der Waals surface area contributed by atoms with Gasteiger partial charge in [-0.15, -0.1) is 11.3 Å². The van der Waals surface area contributed by atoms with Gasteiger partial charge in [0.2, 0.25) is 0 Å². The number of hydrazine groups is 1. The molecule has 0 aromatic carbocycles. The quantitative estimate of drug-likeness (QED) is 0.629. The first-order valence-electron chi connectivity index (χ1n) is 5.73. The summed E-state index contributed by atoms with van der Waals surface area (Å²) in [4.78, 5) is 8.91. The molecule has 7 nitrogen and oxygen atoms in total. The van der Waals surface area contributed by atoms with Crippen LogP contribution in [0.4, 0.5) is 5.69 Å². The van der Waals surface area contributed by atoms with Crippen LogP contribution in [0.1, 0.15) is 10.6 Å². The maximum absolute atomic E-state index is 12.5. The highest BCUT2D eigenvalue weighted by Gasteiger charge is 2.26. The molecule has 0 amide bonds. The Morgan fingerprint density at radius 3 is 2.80 bits per heavy atom. The lowest BCUT2D eigenvalue weighted by Gasteiger charge is -2.17. The van der Waals surface area contributed by atoms with Crippen molar-refractivity contribution < 1.29 is 8.42 Å². The van der Waals surface area contributed by atoms with Gasteiger partial charge in [-0.25, -0.2) is 18.4 Å². The van der Waals surface area contributed by atoms with Crippen LogP contribution in [0, 0.1) is 6.92 Å². The Morgan fingerprint density at radius 2 is 2.20 bits per heavy atom. The fraction of sp³-hybridized carbons (Fsp3) is 0.273. The number of nitrogens with one attached hydrogen (secondary N) is 1. The highest BCUT2D eigenvalue weighted by molar-refractivity contribution is 7.89. The minimum atomic E-state index is -3.72. The van der Waals surface area contributed by atoms with E-state index in [1.54, 1.807) is 17.6 Å². The molecule has 0 fully saturated rings. The molecule has 0 saturated carbocycles. The van der Waals surface area contributed by atoms with E-state index in [0.29, 0.717) is 0 Å². The van der Waals surface area contributed by atoms with E-state index in [9.17, 15) is 8.42 Å². The molecule has 0 aliphatic rings. The second kappa shape index (κ2) is 5.83. The summed E-state index contributed by atoms with van der Waals surface area (Å²) in [6.07, 6.45) is 1.42. The van der Waals surface area contributed by atoms with Gasteiger partial charge < -0.3 is 5.43 Å². The van der Waals surface area contributed by atoms with Crippen LogP contribution in [0.25, 0.3) is 0 Å². The fourth-order valence-electron chi connectivity index (χ4n) is 1.62. The Labute approximate surface area is 121 Å². The molecular formula is C11H15N5O2S2. The summed E-state index contributed by atoms with van der Waals surface area (Å²) >= 11 is 1.42. The molecule has 0 atom stereocenters. The van der Waals surface area contributed by atoms with E-state index in [-0.39, 0.29) is 17.3 Å². The van der Waals surface area contributed by atoms with Crippen molar-refractivity contribution in [3.8, 4) is 0 Å². The van der Waals surface area contributed by atoms with E-state index in [1.807, 2.05) is 6.92 Å². The zero-order valence-corrected chi connectivity index (χ0v) is 12.7. The molecule has 0 aliphatic heterocycles. The van der Waals surface area contributed by atoms with Gasteiger partial charge in [0, 0.05) is 24.7 Å². The van der Waals surface area contributed by atoms with Crippen LogP contribution in [0.5, 0.6) is 0 Å². The number of sulfonamides is 1. The molecule has 2 aromatic rings. The number of aromatic nitrogens is 2. The van der Waals surface area contributed by atoms with E-state index < -0.39 is 10.0 Å². The number of nitrogen functional groups attached to an aromatic ring is 1. The van der Waals surface area contributed by atoms with Crippen LogP contribution in [0.15, 0.2) is 28.9 Å². The third-order valence-corrected chi connectivity index (χ3v) is 5.48. The van der Waals surface area contributed by atoms with Gasteiger partial charge in [0.05, 0.1) is 16.9 Å².